The average Bonchev–Trinajstić information content (AvgIpc) is 2.97. The molecule has 0 aliphatic heterocycles. The molecule has 118 valence electrons. The number of hydrogen-bond acceptors (Lipinski definition) is 2. The molecular formula is C19H27N3. The van der Waals surface area contributed by atoms with Gasteiger partial charge in [0.05, 0.1) is 11.0 Å². The highest BCUT2D eigenvalue weighted by atomic mass is 14.9. The van der Waals surface area contributed by atoms with Crippen molar-refractivity contribution in [1.29, 1.82) is 0 Å². The number of benzene rings is 1. The zero-order chi connectivity index (χ0) is 15.2. The van der Waals surface area contributed by atoms with E-state index in [9.17, 15) is 0 Å². The molecule has 0 bridgehead atoms. The Balaban J connectivity index is 1.44. The normalized spacial score (nSPS) is 15.2. The fourth-order valence-corrected chi connectivity index (χ4v) is 3.16. The van der Waals surface area contributed by atoms with E-state index in [0.29, 0.717) is 0 Å². The Bertz CT molecular complexity index is 639. The number of nitrogens with zero attached hydrogens (tertiary/aromatic N) is 1. The van der Waals surface area contributed by atoms with Crippen molar-refractivity contribution in [3.8, 4) is 0 Å². The molecule has 1 aliphatic rings. The fourth-order valence-electron chi connectivity index (χ4n) is 3.16. The topological polar surface area (TPSA) is 40.7 Å². The van der Waals surface area contributed by atoms with Gasteiger partial charge in [-0.3, -0.25) is 0 Å². The molecule has 0 atom stereocenters. The summed E-state index contributed by atoms with van der Waals surface area (Å²) in [5.41, 5.74) is 5.26. The summed E-state index contributed by atoms with van der Waals surface area (Å²) in [6, 6.07) is 6.51. The lowest BCUT2D eigenvalue weighted by Crippen LogP contribution is -2.19. The first-order valence-electron chi connectivity index (χ1n) is 8.71. The van der Waals surface area contributed by atoms with E-state index in [1.807, 2.05) is 0 Å². The van der Waals surface area contributed by atoms with Crippen LogP contribution in [0.3, 0.4) is 0 Å². The highest BCUT2D eigenvalue weighted by Gasteiger charge is 2.05. The standard InChI is InChI=1S/C19H27N3/c1-2-15-8-9-17-18(14-15)22-19(21-17)11-13-20-12-10-16-6-4-3-5-7-16/h6,8-9,14,20H,2-5,7,10-13H2,1H3,(H,21,22). The molecule has 3 nitrogen and oxygen atoms in total. The van der Waals surface area contributed by atoms with Crippen LogP contribution in [0.4, 0.5) is 0 Å². The molecular weight excluding hydrogens is 270 g/mol. The largest absolute Gasteiger partial charge is 0.342 e. The van der Waals surface area contributed by atoms with E-state index in [-0.39, 0.29) is 0 Å². The number of hydrogen-bond donors (Lipinski definition) is 2. The van der Waals surface area contributed by atoms with Crippen LogP contribution in [0.25, 0.3) is 11.0 Å². The van der Waals surface area contributed by atoms with Gasteiger partial charge in [-0.15, -0.1) is 0 Å². The molecule has 1 heterocycles. The van der Waals surface area contributed by atoms with Crippen LogP contribution < -0.4 is 5.32 Å². The minimum absolute atomic E-state index is 0.967. The maximum Gasteiger partial charge on any atom is 0.108 e. The predicted molar refractivity (Wildman–Crippen MR) is 93.2 cm³/mol. The average molecular weight is 297 g/mol. The number of aromatic amines is 1. The molecule has 0 radical (unpaired) electrons. The van der Waals surface area contributed by atoms with E-state index < -0.39 is 0 Å². The van der Waals surface area contributed by atoms with Gasteiger partial charge >= 0.3 is 0 Å². The summed E-state index contributed by atoms with van der Waals surface area (Å²) in [5.74, 6) is 1.09. The molecule has 0 amide bonds. The Hall–Kier alpha value is -1.61. The molecule has 0 fully saturated rings. The van der Waals surface area contributed by atoms with E-state index >= 15 is 0 Å². The molecule has 1 aliphatic carbocycles. The van der Waals surface area contributed by atoms with E-state index in [1.54, 1.807) is 5.57 Å². The van der Waals surface area contributed by atoms with E-state index in [0.717, 1.165) is 37.3 Å². The first kappa shape index (κ1) is 15.3. The van der Waals surface area contributed by atoms with Gasteiger partial charge in [0.2, 0.25) is 0 Å². The maximum atomic E-state index is 4.67. The van der Waals surface area contributed by atoms with Crippen LogP contribution in [0.1, 0.15) is 50.4 Å². The smallest absolute Gasteiger partial charge is 0.108 e. The summed E-state index contributed by atoms with van der Waals surface area (Å²) in [4.78, 5) is 8.12. The molecule has 3 rings (SSSR count). The summed E-state index contributed by atoms with van der Waals surface area (Å²) in [5, 5.41) is 3.55. The van der Waals surface area contributed by atoms with Gasteiger partial charge in [0, 0.05) is 13.0 Å². The molecule has 2 N–H and O–H groups in total. The van der Waals surface area contributed by atoms with Crippen LogP contribution in [-0.2, 0) is 12.8 Å². The van der Waals surface area contributed by atoms with Crippen molar-refractivity contribution in [3.63, 3.8) is 0 Å². The summed E-state index contributed by atoms with van der Waals surface area (Å²) in [6.07, 6.45) is 11.0. The Morgan fingerprint density at radius 3 is 2.91 bits per heavy atom. The van der Waals surface area contributed by atoms with Gasteiger partial charge in [-0.25, -0.2) is 4.98 Å². The van der Waals surface area contributed by atoms with Crippen molar-refractivity contribution in [1.82, 2.24) is 15.3 Å². The van der Waals surface area contributed by atoms with Crippen LogP contribution in [0.2, 0.25) is 0 Å². The summed E-state index contributed by atoms with van der Waals surface area (Å²) < 4.78 is 0. The number of imidazole rings is 1. The van der Waals surface area contributed by atoms with Crippen LogP contribution in [-0.4, -0.2) is 23.1 Å². The van der Waals surface area contributed by atoms with Gasteiger partial charge < -0.3 is 10.3 Å². The number of allylic oxidation sites excluding steroid dienone is 1. The highest BCUT2D eigenvalue weighted by Crippen LogP contribution is 2.19. The Labute approximate surface area is 133 Å². The second-order valence-corrected chi connectivity index (χ2v) is 6.25. The third-order valence-corrected chi connectivity index (χ3v) is 4.55. The molecule has 0 saturated heterocycles. The van der Waals surface area contributed by atoms with Crippen LogP contribution in [0, 0.1) is 0 Å². The van der Waals surface area contributed by atoms with Crippen molar-refractivity contribution in [2.45, 2.75) is 51.9 Å². The van der Waals surface area contributed by atoms with Crippen molar-refractivity contribution in [3.05, 3.63) is 41.2 Å². The molecule has 22 heavy (non-hydrogen) atoms. The lowest BCUT2D eigenvalue weighted by molar-refractivity contribution is 0.628. The zero-order valence-electron chi connectivity index (χ0n) is 13.6. The summed E-state index contributed by atoms with van der Waals surface area (Å²) in [7, 11) is 0. The zero-order valence-corrected chi connectivity index (χ0v) is 13.6. The van der Waals surface area contributed by atoms with Gasteiger partial charge in [-0.05, 0) is 62.8 Å². The van der Waals surface area contributed by atoms with Crippen molar-refractivity contribution < 1.29 is 0 Å². The maximum absolute atomic E-state index is 4.67. The van der Waals surface area contributed by atoms with Gasteiger partial charge in [-0.2, -0.15) is 0 Å². The van der Waals surface area contributed by atoms with Crippen LogP contribution >= 0.6 is 0 Å². The second kappa shape index (κ2) is 7.59. The van der Waals surface area contributed by atoms with E-state index in [4.69, 9.17) is 0 Å². The fraction of sp³-hybridized carbons (Fsp3) is 0.526. The van der Waals surface area contributed by atoms with Gasteiger partial charge in [0.1, 0.15) is 5.82 Å². The number of rotatable bonds is 7. The predicted octanol–water partition coefficient (Wildman–Crippen LogP) is 4.15. The Morgan fingerprint density at radius 2 is 2.09 bits per heavy atom. The molecule has 0 spiro atoms. The molecule has 3 heteroatoms. The van der Waals surface area contributed by atoms with Gasteiger partial charge in [-0.1, -0.05) is 24.6 Å². The quantitative estimate of drug-likeness (QED) is 0.595. The van der Waals surface area contributed by atoms with Crippen molar-refractivity contribution >= 4 is 11.0 Å². The third kappa shape index (κ3) is 3.98. The number of aryl methyl sites for hydroxylation is 1. The van der Waals surface area contributed by atoms with Crippen LogP contribution in [0.15, 0.2) is 29.8 Å². The molecule has 1 aromatic carbocycles. The number of aromatic nitrogens is 2. The summed E-state index contributed by atoms with van der Waals surface area (Å²) >= 11 is 0. The first-order valence-corrected chi connectivity index (χ1v) is 8.71. The van der Waals surface area contributed by atoms with E-state index in [2.05, 4.69) is 46.5 Å². The Kier molecular flexibility index (Phi) is 5.28. The molecule has 2 aromatic rings. The minimum atomic E-state index is 0.967. The molecule has 0 unspecified atom stereocenters. The van der Waals surface area contributed by atoms with Gasteiger partial charge in [0.15, 0.2) is 0 Å². The highest BCUT2D eigenvalue weighted by molar-refractivity contribution is 5.75. The number of fused-ring (bicyclic) bond motifs is 1. The van der Waals surface area contributed by atoms with Gasteiger partial charge in [0.25, 0.3) is 0 Å². The van der Waals surface area contributed by atoms with Crippen molar-refractivity contribution in [2.75, 3.05) is 13.1 Å². The lowest BCUT2D eigenvalue weighted by atomic mass is 9.97. The monoisotopic (exact) mass is 297 g/mol. The minimum Gasteiger partial charge on any atom is -0.342 e. The van der Waals surface area contributed by atoms with E-state index in [1.165, 1.54) is 43.2 Å². The van der Waals surface area contributed by atoms with Crippen molar-refractivity contribution in [2.24, 2.45) is 0 Å². The summed E-state index contributed by atoms with van der Waals surface area (Å²) in [6.45, 7) is 4.27. The molecule has 1 aromatic heterocycles. The third-order valence-electron chi connectivity index (χ3n) is 4.55. The lowest BCUT2D eigenvalue weighted by Gasteiger charge is -2.12. The molecule has 0 saturated carbocycles. The SMILES string of the molecule is CCc1ccc2nc(CCNCCC3=CCCCC3)[nH]c2c1. The number of H-pyrrole nitrogens is 1. The second-order valence-electron chi connectivity index (χ2n) is 6.25. The van der Waals surface area contributed by atoms with Crippen LogP contribution in [0.5, 0.6) is 0 Å². The first-order chi connectivity index (χ1) is 10.8. The number of nitrogens with one attached hydrogen (secondary N) is 2. The Morgan fingerprint density at radius 1 is 1.18 bits per heavy atom.